The van der Waals surface area contributed by atoms with Crippen molar-refractivity contribution in [2.75, 3.05) is 12.4 Å². The molecule has 0 aromatic heterocycles. The molecule has 1 aliphatic carbocycles. The van der Waals surface area contributed by atoms with Crippen LogP contribution in [0, 0.1) is 0 Å². The molecular formula is C12H25NOS. The average molecular weight is 231 g/mol. The van der Waals surface area contributed by atoms with Crippen molar-refractivity contribution < 1.29 is 5.11 Å². The smallest absolute Gasteiger partial charge is 0.0610 e. The van der Waals surface area contributed by atoms with Crippen LogP contribution < -0.4 is 5.32 Å². The van der Waals surface area contributed by atoms with Crippen molar-refractivity contribution in [1.82, 2.24) is 5.32 Å². The van der Waals surface area contributed by atoms with Gasteiger partial charge in [-0.15, -0.1) is 0 Å². The zero-order valence-electron chi connectivity index (χ0n) is 10.3. The maximum Gasteiger partial charge on any atom is 0.0610 e. The molecule has 0 amide bonds. The Morgan fingerprint density at radius 1 is 1.53 bits per heavy atom. The fourth-order valence-electron chi connectivity index (χ4n) is 1.52. The Labute approximate surface area is 98.2 Å². The lowest BCUT2D eigenvalue weighted by Gasteiger charge is -2.29. The Balaban J connectivity index is 2.19. The topological polar surface area (TPSA) is 32.3 Å². The van der Waals surface area contributed by atoms with Crippen LogP contribution in [0.5, 0.6) is 0 Å². The van der Waals surface area contributed by atoms with E-state index in [2.05, 4.69) is 26.1 Å². The number of hydrogen-bond acceptors (Lipinski definition) is 3. The van der Waals surface area contributed by atoms with Gasteiger partial charge >= 0.3 is 0 Å². The van der Waals surface area contributed by atoms with E-state index < -0.39 is 0 Å². The molecule has 1 rings (SSSR count). The Morgan fingerprint density at radius 2 is 2.20 bits per heavy atom. The van der Waals surface area contributed by atoms with Crippen molar-refractivity contribution in [2.24, 2.45) is 0 Å². The third kappa shape index (κ3) is 5.23. The van der Waals surface area contributed by atoms with E-state index in [1.165, 1.54) is 19.3 Å². The first-order valence-corrected chi connectivity index (χ1v) is 7.14. The summed E-state index contributed by atoms with van der Waals surface area (Å²) in [5.41, 5.74) is -0.0539. The average Bonchev–Trinajstić information content (AvgIpc) is 3.01. The van der Waals surface area contributed by atoms with Crippen molar-refractivity contribution >= 4 is 11.8 Å². The highest BCUT2D eigenvalue weighted by atomic mass is 32.2. The fraction of sp³-hybridized carbons (Fsp3) is 1.00. The van der Waals surface area contributed by atoms with Gasteiger partial charge in [0.25, 0.3) is 0 Å². The van der Waals surface area contributed by atoms with Gasteiger partial charge in [-0.1, -0.05) is 13.8 Å². The van der Waals surface area contributed by atoms with Gasteiger partial charge in [-0.05, 0) is 38.4 Å². The first-order chi connectivity index (χ1) is 7.09. The van der Waals surface area contributed by atoms with E-state index in [0.29, 0.717) is 6.04 Å². The molecule has 0 aliphatic heterocycles. The summed E-state index contributed by atoms with van der Waals surface area (Å²) in [5.74, 6) is 1.14. The Kier molecular flexibility index (Phi) is 5.44. The summed E-state index contributed by atoms with van der Waals surface area (Å²) < 4.78 is 0. The molecule has 1 fully saturated rings. The lowest BCUT2D eigenvalue weighted by atomic mass is 10.0. The highest BCUT2D eigenvalue weighted by Gasteiger charge is 2.31. The van der Waals surface area contributed by atoms with Crippen molar-refractivity contribution in [3.63, 3.8) is 0 Å². The largest absolute Gasteiger partial charge is 0.394 e. The summed E-state index contributed by atoms with van der Waals surface area (Å²) in [7, 11) is 0. The summed E-state index contributed by atoms with van der Waals surface area (Å²) >= 11 is 2.02. The van der Waals surface area contributed by atoms with Crippen LogP contribution >= 0.6 is 11.8 Å². The predicted octanol–water partition coefficient (Wildman–Crippen LogP) is 2.41. The van der Waals surface area contributed by atoms with E-state index in [9.17, 15) is 5.11 Å². The molecule has 0 bridgehead atoms. The lowest BCUT2D eigenvalue weighted by Crippen LogP contribution is -2.47. The Morgan fingerprint density at radius 3 is 2.67 bits per heavy atom. The van der Waals surface area contributed by atoms with Crippen molar-refractivity contribution in [3.05, 3.63) is 0 Å². The molecule has 2 nitrogen and oxygen atoms in total. The molecular weight excluding hydrogens is 206 g/mol. The second-order valence-electron chi connectivity index (χ2n) is 4.98. The minimum atomic E-state index is -0.0539. The summed E-state index contributed by atoms with van der Waals surface area (Å²) in [6.07, 6.45) is 4.87. The van der Waals surface area contributed by atoms with E-state index in [0.717, 1.165) is 17.4 Å². The SMILES string of the molecule is CCC(C)SCCC(C)(CO)NC1CC1. The number of thioether (sulfide) groups is 1. The molecule has 15 heavy (non-hydrogen) atoms. The maximum atomic E-state index is 9.41. The van der Waals surface area contributed by atoms with Crippen LogP contribution in [-0.2, 0) is 0 Å². The van der Waals surface area contributed by atoms with Crippen molar-refractivity contribution in [1.29, 1.82) is 0 Å². The summed E-state index contributed by atoms with van der Waals surface area (Å²) in [6.45, 7) is 6.90. The summed E-state index contributed by atoms with van der Waals surface area (Å²) in [5, 5.41) is 13.7. The quantitative estimate of drug-likeness (QED) is 0.673. The molecule has 2 N–H and O–H groups in total. The van der Waals surface area contributed by atoms with Gasteiger partial charge in [-0.2, -0.15) is 11.8 Å². The van der Waals surface area contributed by atoms with Gasteiger partial charge in [-0.3, -0.25) is 0 Å². The molecule has 0 radical (unpaired) electrons. The van der Waals surface area contributed by atoms with E-state index in [4.69, 9.17) is 0 Å². The van der Waals surface area contributed by atoms with E-state index in [1.807, 2.05) is 11.8 Å². The van der Waals surface area contributed by atoms with Gasteiger partial charge in [0, 0.05) is 16.8 Å². The summed E-state index contributed by atoms with van der Waals surface area (Å²) in [4.78, 5) is 0. The van der Waals surface area contributed by atoms with Crippen LogP contribution in [0.4, 0.5) is 0 Å². The number of nitrogens with one attached hydrogen (secondary N) is 1. The molecule has 0 heterocycles. The molecule has 0 aromatic carbocycles. The minimum Gasteiger partial charge on any atom is -0.394 e. The Bertz CT molecular complexity index is 184. The van der Waals surface area contributed by atoms with Crippen LogP contribution in [0.1, 0.15) is 46.5 Å². The number of aliphatic hydroxyl groups excluding tert-OH is 1. The molecule has 2 atom stereocenters. The molecule has 2 unspecified atom stereocenters. The molecule has 0 spiro atoms. The highest BCUT2D eigenvalue weighted by molar-refractivity contribution is 7.99. The normalized spacial score (nSPS) is 22.4. The molecule has 1 aliphatic rings. The van der Waals surface area contributed by atoms with Gasteiger partial charge in [-0.25, -0.2) is 0 Å². The van der Waals surface area contributed by atoms with Crippen LogP contribution in [0.25, 0.3) is 0 Å². The number of hydrogen-bond donors (Lipinski definition) is 2. The van der Waals surface area contributed by atoms with E-state index >= 15 is 0 Å². The van der Waals surface area contributed by atoms with Crippen molar-refractivity contribution in [3.8, 4) is 0 Å². The van der Waals surface area contributed by atoms with Crippen LogP contribution in [0.15, 0.2) is 0 Å². The van der Waals surface area contributed by atoms with Crippen LogP contribution in [0.3, 0.4) is 0 Å². The predicted molar refractivity (Wildman–Crippen MR) is 68.5 cm³/mol. The number of aliphatic hydroxyl groups is 1. The third-order valence-corrected chi connectivity index (χ3v) is 4.45. The fourth-order valence-corrected chi connectivity index (χ4v) is 2.73. The molecule has 3 heteroatoms. The van der Waals surface area contributed by atoms with Gasteiger partial charge in [0.2, 0.25) is 0 Å². The standard InChI is InChI=1S/C12H25NOS/c1-4-10(2)15-8-7-12(3,9-14)13-11-5-6-11/h10-11,13-14H,4-9H2,1-3H3. The van der Waals surface area contributed by atoms with Gasteiger partial charge in [0.05, 0.1) is 6.61 Å². The van der Waals surface area contributed by atoms with E-state index in [-0.39, 0.29) is 12.1 Å². The van der Waals surface area contributed by atoms with E-state index in [1.54, 1.807) is 0 Å². The van der Waals surface area contributed by atoms with Crippen molar-refractivity contribution in [2.45, 2.75) is 63.3 Å². The lowest BCUT2D eigenvalue weighted by molar-refractivity contribution is 0.169. The van der Waals surface area contributed by atoms with Gasteiger partial charge in [0.1, 0.15) is 0 Å². The van der Waals surface area contributed by atoms with Crippen LogP contribution in [0.2, 0.25) is 0 Å². The number of rotatable bonds is 8. The van der Waals surface area contributed by atoms with Gasteiger partial charge < -0.3 is 10.4 Å². The molecule has 0 aromatic rings. The van der Waals surface area contributed by atoms with Crippen LogP contribution in [-0.4, -0.2) is 34.3 Å². The highest BCUT2D eigenvalue weighted by Crippen LogP contribution is 2.25. The molecule has 1 saturated carbocycles. The minimum absolute atomic E-state index is 0.0539. The second kappa shape index (κ2) is 6.12. The first-order valence-electron chi connectivity index (χ1n) is 6.10. The monoisotopic (exact) mass is 231 g/mol. The maximum absolute atomic E-state index is 9.41. The zero-order chi connectivity index (χ0) is 11.3. The molecule has 90 valence electrons. The first kappa shape index (κ1) is 13.3. The summed E-state index contributed by atoms with van der Waals surface area (Å²) in [6, 6.07) is 0.677. The zero-order valence-corrected chi connectivity index (χ0v) is 11.1. The van der Waals surface area contributed by atoms with Gasteiger partial charge in [0.15, 0.2) is 0 Å². The second-order valence-corrected chi connectivity index (χ2v) is 6.52. The third-order valence-electron chi connectivity index (χ3n) is 3.11. The Hall–Kier alpha value is 0.270. The molecule has 0 saturated heterocycles.